The second-order valence-electron chi connectivity index (χ2n) is 4.19. The number of aromatic nitrogens is 2. The van der Waals surface area contributed by atoms with E-state index in [1.807, 2.05) is 0 Å². The fraction of sp³-hybridized carbons (Fsp3) is 0.545. The Morgan fingerprint density at radius 3 is 2.80 bits per heavy atom. The highest BCUT2D eigenvalue weighted by atomic mass is 16.1. The minimum atomic E-state index is 0.0831. The van der Waals surface area contributed by atoms with Gasteiger partial charge in [0.2, 0.25) is 0 Å². The molecule has 4 nitrogen and oxygen atoms in total. The van der Waals surface area contributed by atoms with Crippen LogP contribution in [-0.2, 0) is 0 Å². The van der Waals surface area contributed by atoms with E-state index in [4.69, 9.17) is 0 Å². The van der Waals surface area contributed by atoms with E-state index in [0.29, 0.717) is 11.5 Å². The third kappa shape index (κ3) is 2.39. The van der Waals surface area contributed by atoms with E-state index in [-0.39, 0.29) is 11.7 Å². The van der Waals surface area contributed by atoms with Crippen molar-refractivity contribution in [3.8, 4) is 0 Å². The number of hydrogen-bond donors (Lipinski definition) is 1. The molecule has 2 unspecified atom stereocenters. The van der Waals surface area contributed by atoms with Crippen molar-refractivity contribution in [1.82, 2.24) is 15.3 Å². The van der Waals surface area contributed by atoms with Crippen molar-refractivity contribution in [3.63, 3.8) is 0 Å². The maximum atomic E-state index is 12.0. The summed E-state index contributed by atoms with van der Waals surface area (Å²) in [6.45, 7) is 3.95. The molecule has 2 heterocycles. The Morgan fingerprint density at radius 2 is 2.13 bits per heavy atom. The van der Waals surface area contributed by atoms with Gasteiger partial charge in [-0.15, -0.1) is 0 Å². The highest BCUT2D eigenvalue weighted by molar-refractivity contribution is 5.97. The summed E-state index contributed by atoms with van der Waals surface area (Å²) in [4.78, 5) is 19.8. The van der Waals surface area contributed by atoms with E-state index < -0.39 is 0 Å². The van der Waals surface area contributed by atoms with Gasteiger partial charge < -0.3 is 5.32 Å². The Labute approximate surface area is 89.1 Å². The smallest absolute Gasteiger partial charge is 0.170 e. The summed E-state index contributed by atoms with van der Waals surface area (Å²) in [5, 5.41) is 3.27. The SMILES string of the molecule is CC1CNCC(C(=O)c2cncnc2)C1. The van der Waals surface area contributed by atoms with Gasteiger partial charge in [0.05, 0.1) is 5.56 Å². The maximum absolute atomic E-state index is 12.0. The highest BCUT2D eigenvalue weighted by Gasteiger charge is 2.25. The zero-order valence-corrected chi connectivity index (χ0v) is 8.81. The third-order valence-electron chi connectivity index (χ3n) is 2.79. The minimum Gasteiger partial charge on any atom is -0.316 e. The van der Waals surface area contributed by atoms with Gasteiger partial charge in [0.25, 0.3) is 0 Å². The number of rotatable bonds is 2. The molecule has 1 fully saturated rings. The monoisotopic (exact) mass is 205 g/mol. The highest BCUT2D eigenvalue weighted by Crippen LogP contribution is 2.19. The lowest BCUT2D eigenvalue weighted by Gasteiger charge is -2.26. The van der Waals surface area contributed by atoms with Gasteiger partial charge >= 0.3 is 0 Å². The number of piperidine rings is 1. The molecule has 0 bridgehead atoms. The molecule has 0 aromatic carbocycles. The van der Waals surface area contributed by atoms with Gasteiger partial charge in [0.15, 0.2) is 5.78 Å². The zero-order chi connectivity index (χ0) is 10.7. The molecular weight excluding hydrogens is 190 g/mol. The summed E-state index contributed by atoms with van der Waals surface area (Å²) in [6.07, 6.45) is 5.59. The number of ketones is 1. The number of hydrogen-bond acceptors (Lipinski definition) is 4. The first kappa shape index (κ1) is 10.2. The Morgan fingerprint density at radius 1 is 1.40 bits per heavy atom. The van der Waals surface area contributed by atoms with Gasteiger partial charge in [-0.25, -0.2) is 9.97 Å². The van der Waals surface area contributed by atoms with Crippen LogP contribution in [0.2, 0.25) is 0 Å². The third-order valence-corrected chi connectivity index (χ3v) is 2.79. The lowest BCUT2D eigenvalue weighted by molar-refractivity contribution is 0.0881. The Balaban J connectivity index is 2.08. The normalized spacial score (nSPS) is 26.2. The van der Waals surface area contributed by atoms with Crippen LogP contribution < -0.4 is 5.32 Å². The second-order valence-corrected chi connectivity index (χ2v) is 4.19. The summed E-state index contributed by atoms with van der Waals surface area (Å²) < 4.78 is 0. The van der Waals surface area contributed by atoms with Crippen molar-refractivity contribution in [3.05, 3.63) is 24.3 Å². The molecule has 1 aliphatic heterocycles. The van der Waals surface area contributed by atoms with Crippen LogP contribution >= 0.6 is 0 Å². The maximum Gasteiger partial charge on any atom is 0.170 e. The van der Waals surface area contributed by atoms with Crippen LogP contribution in [0.4, 0.5) is 0 Å². The summed E-state index contributed by atoms with van der Waals surface area (Å²) in [6, 6.07) is 0. The van der Waals surface area contributed by atoms with Gasteiger partial charge in [-0.3, -0.25) is 4.79 Å². The molecule has 2 rings (SSSR count). The molecule has 15 heavy (non-hydrogen) atoms. The molecule has 1 aromatic rings. The second kappa shape index (κ2) is 4.49. The molecule has 1 saturated heterocycles. The molecule has 0 aliphatic carbocycles. The van der Waals surface area contributed by atoms with Crippen molar-refractivity contribution in [2.45, 2.75) is 13.3 Å². The van der Waals surface area contributed by atoms with Crippen LogP contribution in [-0.4, -0.2) is 28.8 Å². The van der Waals surface area contributed by atoms with E-state index in [2.05, 4.69) is 22.2 Å². The molecule has 80 valence electrons. The zero-order valence-electron chi connectivity index (χ0n) is 8.81. The lowest BCUT2D eigenvalue weighted by atomic mass is 9.87. The van der Waals surface area contributed by atoms with Gasteiger partial charge in [-0.2, -0.15) is 0 Å². The van der Waals surface area contributed by atoms with E-state index in [0.717, 1.165) is 19.5 Å². The van der Waals surface area contributed by atoms with Crippen LogP contribution in [0, 0.1) is 11.8 Å². The lowest BCUT2D eigenvalue weighted by Crippen LogP contribution is -2.38. The van der Waals surface area contributed by atoms with Crippen LogP contribution in [0.3, 0.4) is 0 Å². The predicted octanol–water partition coefficient (Wildman–Crippen LogP) is 0.905. The average Bonchev–Trinajstić information content (AvgIpc) is 2.29. The molecule has 0 spiro atoms. The van der Waals surface area contributed by atoms with Crippen LogP contribution in [0.5, 0.6) is 0 Å². The Hall–Kier alpha value is -1.29. The fourth-order valence-electron chi connectivity index (χ4n) is 2.02. The predicted molar refractivity (Wildman–Crippen MR) is 56.5 cm³/mol. The number of carbonyl (C=O) groups is 1. The largest absolute Gasteiger partial charge is 0.316 e. The van der Waals surface area contributed by atoms with Crippen molar-refractivity contribution in [2.75, 3.05) is 13.1 Å². The molecule has 0 radical (unpaired) electrons. The molecule has 1 aromatic heterocycles. The summed E-state index contributed by atoms with van der Waals surface area (Å²) in [7, 11) is 0. The van der Waals surface area contributed by atoms with Gasteiger partial charge in [0.1, 0.15) is 6.33 Å². The van der Waals surface area contributed by atoms with E-state index >= 15 is 0 Å². The van der Waals surface area contributed by atoms with E-state index in [1.54, 1.807) is 12.4 Å². The number of nitrogens with zero attached hydrogens (tertiary/aromatic N) is 2. The van der Waals surface area contributed by atoms with Gasteiger partial charge in [-0.05, 0) is 18.9 Å². The first-order chi connectivity index (χ1) is 7.27. The van der Waals surface area contributed by atoms with Crippen molar-refractivity contribution < 1.29 is 4.79 Å². The molecule has 2 atom stereocenters. The molecule has 1 aliphatic rings. The molecular formula is C11H15N3O. The van der Waals surface area contributed by atoms with Crippen molar-refractivity contribution >= 4 is 5.78 Å². The van der Waals surface area contributed by atoms with E-state index in [9.17, 15) is 4.79 Å². The standard InChI is InChI=1S/C11H15N3O/c1-8-2-9(4-12-3-8)11(15)10-5-13-7-14-6-10/h5-9,12H,2-4H2,1H3. The van der Waals surface area contributed by atoms with Crippen molar-refractivity contribution in [1.29, 1.82) is 0 Å². The van der Waals surface area contributed by atoms with Crippen LogP contribution in [0.15, 0.2) is 18.7 Å². The number of Topliss-reactive ketones (excluding diaryl/α,β-unsaturated/α-hetero) is 1. The average molecular weight is 205 g/mol. The van der Waals surface area contributed by atoms with Gasteiger partial charge in [0, 0.05) is 24.9 Å². The first-order valence-corrected chi connectivity index (χ1v) is 5.27. The number of carbonyl (C=O) groups excluding carboxylic acids is 1. The summed E-state index contributed by atoms with van der Waals surface area (Å²) in [5.41, 5.74) is 0.624. The molecule has 1 N–H and O–H groups in total. The van der Waals surface area contributed by atoms with Crippen LogP contribution in [0.25, 0.3) is 0 Å². The topological polar surface area (TPSA) is 54.9 Å². The number of nitrogens with one attached hydrogen (secondary N) is 1. The molecule has 4 heteroatoms. The van der Waals surface area contributed by atoms with Crippen molar-refractivity contribution in [2.24, 2.45) is 11.8 Å². The molecule has 0 saturated carbocycles. The van der Waals surface area contributed by atoms with Crippen LogP contribution in [0.1, 0.15) is 23.7 Å². The fourth-order valence-corrected chi connectivity index (χ4v) is 2.02. The van der Waals surface area contributed by atoms with E-state index in [1.165, 1.54) is 6.33 Å². The quantitative estimate of drug-likeness (QED) is 0.729. The molecule has 0 amide bonds. The summed E-state index contributed by atoms with van der Waals surface area (Å²) in [5.74, 6) is 0.812. The summed E-state index contributed by atoms with van der Waals surface area (Å²) >= 11 is 0. The minimum absolute atomic E-state index is 0.0831. The Bertz CT molecular complexity index is 339. The first-order valence-electron chi connectivity index (χ1n) is 5.27. The van der Waals surface area contributed by atoms with Gasteiger partial charge in [-0.1, -0.05) is 6.92 Å². The Kier molecular flexibility index (Phi) is 3.06.